The maximum Gasteiger partial charge on any atom is 0.408 e. The summed E-state index contributed by atoms with van der Waals surface area (Å²) in [4.78, 5) is 43.2. The maximum atomic E-state index is 14.5. The number of carbonyl (C=O) groups excluding carboxylic acids is 3. The Bertz CT molecular complexity index is 1210. The SMILES string of the molecule is CCCCCCCCN(C(=O)C(NC(=O)OC(C)(C)C)C(C)CC)C(C(=O)Nc1ccccc1C)c1cccc(C)c1O. The number of phenolic OH excluding ortho intramolecular Hbond substituents is 1. The summed E-state index contributed by atoms with van der Waals surface area (Å²) in [5, 5.41) is 17.0. The highest BCUT2D eigenvalue weighted by molar-refractivity contribution is 5.99. The lowest BCUT2D eigenvalue weighted by Gasteiger charge is -2.36. The second-order valence-corrected chi connectivity index (χ2v) is 12.5. The minimum Gasteiger partial charge on any atom is -0.507 e. The summed E-state index contributed by atoms with van der Waals surface area (Å²) in [6.45, 7) is 15.3. The van der Waals surface area contributed by atoms with E-state index in [0.717, 1.165) is 37.7 Å². The van der Waals surface area contributed by atoms with E-state index >= 15 is 0 Å². The van der Waals surface area contributed by atoms with Crippen LogP contribution in [0, 0.1) is 19.8 Å². The number of rotatable bonds is 15. The van der Waals surface area contributed by atoms with Crippen molar-refractivity contribution >= 4 is 23.6 Å². The number of benzene rings is 2. The largest absolute Gasteiger partial charge is 0.507 e. The zero-order chi connectivity index (χ0) is 32.2. The lowest BCUT2D eigenvalue weighted by Crippen LogP contribution is -2.55. The third-order valence-corrected chi connectivity index (χ3v) is 7.71. The Kier molecular flexibility index (Phi) is 14.0. The molecule has 238 valence electrons. The molecule has 0 aliphatic carbocycles. The quantitative estimate of drug-likeness (QED) is 0.182. The molecule has 0 aromatic heterocycles. The van der Waals surface area contributed by atoms with Gasteiger partial charge in [0.15, 0.2) is 0 Å². The Morgan fingerprint density at radius 2 is 1.53 bits per heavy atom. The van der Waals surface area contributed by atoms with Crippen molar-refractivity contribution in [2.75, 3.05) is 11.9 Å². The van der Waals surface area contributed by atoms with Crippen molar-refractivity contribution in [3.8, 4) is 5.75 Å². The van der Waals surface area contributed by atoms with Crippen molar-refractivity contribution in [3.63, 3.8) is 0 Å². The number of ether oxygens (including phenoxy) is 1. The molecule has 0 saturated heterocycles. The number of para-hydroxylation sites is 2. The summed E-state index contributed by atoms with van der Waals surface area (Å²) in [6, 6.07) is 10.6. The number of hydrogen-bond acceptors (Lipinski definition) is 5. The molecule has 2 rings (SSSR count). The van der Waals surface area contributed by atoms with Crippen LogP contribution in [0.4, 0.5) is 10.5 Å². The molecule has 0 bridgehead atoms. The molecule has 0 spiro atoms. The normalized spacial score (nSPS) is 13.5. The van der Waals surface area contributed by atoms with Gasteiger partial charge in [0.1, 0.15) is 23.4 Å². The zero-order valence-electron chi connectivity index (χ0n) is 27.5. The molecule has 3 unspecified atom stereocenters. The summed E-state index contributed by atoms with van der Waals surface area (Å²) in [5.74, 6) is -1.10. The first-order valence-corrected chi connectivity index (χ1v) is 15.8. The molecule has 0 heterocycles. The van der Waals surface area contributed by atoms with Gasteiger partial charge in [-0.2, -0.15) is 0 Å². The number of nitrogens with zero attached hydrogens (tertiary/aromatic N) is 1. The second kappa shape index (κ2) is 16.9. The number of amides is 3. The van der Waals surface area contributed by atoms with E-state index in [1.807, 2.05) is 45.0 Å². The number of aromatic hydroxyl groups is 1. The summed E-state index contributed by atoms with van der Waals surface area (Å²) in [7, 11) is 0. The molecule has 0 aliphatic heterocycles. The van der Waals surface area contributed by atoms with E-state index in [4.69, 9.17) is 4.74 Å². The minimum atomic E-state index is -1.13. The van der Waals surface area contributed by atoms with Crippen LogP contribution in [-0.2, 0) is 14.3 Å². The number of hydrogen-bond donors (Lipinski definition) is 3. The third-order valence-electron chi connectivity index (χ3n) is 7.71. The van der Waals surface area contributed by atoms with Crippen LogP contribution in [0.5, 0.6) is 5.75 Å². The van der Waals surface area contributed by atoms with E-state index in [1.165, 1.54) is 4.90 Å². The Morgan fingerprint density at radius 3 is 2.16 bits per heavy atom. The van der Waals surface area contributed by atoms with Gasteiger partial charge in [-0.25, -0.2) is 4.79 Å². The van der Waals surface area contributed by atoms with Crippen LogP contribution in [0.1, 0.15) is 109 Å². The van der Waals surface area contributed by atoms with Gasteiger partial charge in [-0.05, 0) is 64.2 Å². The van der Waals surface area contributed by atoms with E-state index in [0.29, 0.717) is 29.7 Å². The van der Waals surface area contributed by atoms with E-state index in [-0.39, 0.29) is 24.1 Å². The number of nitrogens with one attached hydrogen (secondary N) is 2. The molecule has 3 amide bonds. The third kappa shape index (κ3) is 10.9. The fourth-order valence-corrected chi connectivity index (χ4v) is 4.99. The van der Waals surface area contributed by atoms with Gasteiger partial charge >= 0.3 is 6.09 Å². The van der Waals surface area contributed by atoms with Gasteiger partial charge in [0.05, 0.1) is 0 Å². The summed E-state index contributed by atoms with van der Waals surface area (Å²) in [5.41, 5.74) is 1.70. The fourth-order valence-electron chi connectivity index (χ4n) is 4.99. The number of phenols is 1. The molecule has 2 aromatic rings. The second-order valence-electron chi connectivity index (χ2n) is 12.5. The van der Waals surface area contributed by atoms with E-state index < -0.39 is 29.7 Å². The molecule has 3 atom stereocenters. The van der Waals surface area contributed by atoms with Crippen LogP contribution in [-0.4, -0.2) is 46.1 Å². The molecule has 0 aliphatic rings. The topological polar surface area (TPSA) is 108 Å². The van der Waals surface area contributed by atoms with E-state index in [9.17, 15) is 19.5 Å². The van der Waals surface area contributed by atoms with Gasteiger partial charge < -0.3 is 25.4 Å². The van der Waals surface area contributed by atoms with E-state index in [1.54, 1.807) is 45.9 Å². The predicted octanol–water partition coefficient (Wildman–Crippen LogP) is 7.82. The molecule has 43 heavy (non-hydrogen) atoms. The summed E-state index contributed by atoms with van der Waals surface area (Å²) >= 11 is 0. The minimum absolute atomic E-state index is 0.0339. The summed E-state index contributed by atoms with van der Waals surface area (Å²) < 4.78 is 5.51. The number of carbonyl (C=O) groups is 3. The van der Waals surface area contributed by atoms with Crippen molar-refractivity contribution in [1.29, 1.82) is 0 Å². The fraction of sp³-hybridized carbons (Fsp3) is 0.571. The van der Waals surface area contributed by atoms with Crippen LogP contribution in [0.2, 0.25) is 0 Å². The van der Waals surface area contributed by atoms with Crippen LogP contribution in [0.3, 0.4) is 0 Å². The lowest BCUT2D eigenvalue weighted by molar-refractivity contribution is -0.142. The van der Waals surface area contributed by atoms with Crippen molar-refractivity contribution in [2.45, 2.75) is 118 Å². The number of aryl methyl sites for hydroxylation is 2. The molecule has 0 radical (unpaired) electrons. The monoisotopic (exact) mass is 595 g/mol. The number of anilines is 1. The van der Waals surface area contributed by atoms with Gasteiger partial charge in [0.2, 0.25) is 5.91 Å². The van der Waals surface area contributed by atoms with Gasteiger partial charge in [0, 0.05) is 17.8 Å². The van der Waals surface area contributed by atoms with E-state index in [2.05, 4.69) is 17.6 Å². The Hall–Kier alpha value is -3.55. The van der Waals surface area contributed by atoms with Crippen LogP contribution < -0.4 is 10.6 Å². The standard InChI is InChI=1S/C35H53N3O5/c1-9-11-12-13-14-17-23-38(33(41)29(24(3)10-2)37-34(42)43-35(6,7)8)30(27-21-18-20-26(5)31(27)39)32(40)36-28-22-16-15-19-25(28)4/h15-16,18-22,24,29-30,39H,9-14,17,23H2,1-8H3,(H,36,40)(H,37,42). The molecule has 8 nitrogen and oxygen atoms in total. The summed E-state index contributed by atoms with van der Waals surface area (Å²) in [6.07, 6.45) is 5.91. The molecule has 2 aromatic carbocycles. The Balaban J connectivity index is 2.60. The zero-order valence-corrected chi connectivity index (χ0v) is 27.5. The van der Waals surface area contributed by atoms with Crippen molar-refractivity contribution < 1.29 is 24.2 Å². The molecule has 8 heteroatoms. The van der Waals surface area contributed by atoms with Gasteiger partial charge in [0.25, 0.3) is 5.91 Å². The first-order chi connectivity index (χ1) is 20.3. The molecule has 0 fully saturated rings. The molecule has 3 N–H and O–H groups in total. The highest BCUT2D eigenvalue weighted by atomic mass is 16.6. The molecule has 0 saturated carbocycles. The maximum absolute atomic E-state index is 14.5. The van der Waals surface area contributed by atoms with Gasteiger partial charge in [-0.15, -0.1) is 0 Å². The highest BCUT2D eigenvalue weighted by Crippen LogP contribution is 2.34. The Labute approximate surface area is 258 Å². The number of unbranched alkanes of at least 4 members (excludes halogenated alkanes) is 5. The lowest BCUT2D eigenvalue weighted by atomic mass is 9.94. The van der Waals surface area contributed by atoms with Gasteiger partial charge in [-0.3, -0.25) is 9.59 Å². The average molecular weight is 596 g/mol. The van der Waals surface area contributed by atoms with Crippen molar-refractivity contribution in [3.05, 3.63) is 59.2 Å². The average Bonchev–Trinajstić information content (AvgIpc) is 2.94. The van der Waals surface area contributed by atoms with Crippen LogP contribution in [0.15, 0.2) is 42.5 Å². The Morgan fingerprint density at radius 1 is 0.907 bits per heavy atom. The van der Waals surface area contributed by atoms with Crippen molar-refractivity contribution in [2.24, 2.45) is 5.92 Å². The molecular formula is C35H53N3O5. The number of alkyl carbamates (subject to hydrolysis) is 1. The molecular weight excluding hydrogens is 542 g/mol. The highest BCUT2D eigenvalue weighted by Gasteiger charge is 2.39. The van der Waals surface area contributed by atoms with Crippen molar-refractivity contribution in [1.82, 2.24) is 10.2 Å². The van der Waals surface area contributed by atoms with Crippen LogP contribution >= 0.6 is 0 Å². The first-order valence-electron chi connectivity index (χ1n) is 15.8. The predicted molar refractivity (Wildman–Crippen MR) is 173 cm³/mol. The smallest absolute Gasteiger partial charge is 0.408 e. The first kappa shape index (κ1) is 35.6. The van der Waals surface area contributed by atoms with Gasteiger partial charge in [-0.1, -0.05) is 95.7 Å². The van der Waals surface area contributed by atoms with Crippen LogP contribution in [0.25, 0.3) is 0 Å².